The van der Waals surface area contributed by atoms with E-state index in [4.69, 9.17) is 4.74 Å². The van der Waals surface area contributed by atoms with Gasteiger partial charge in [-0.2, -0.15) is 0 Å². The number of amides is 2. The first kappa shape index (κ1) is 21.2. The summed E-state index contributed by atoms with van der Waals surface area (Å²) in [6, 6.07) is 19.7. The Morgan fingerprint density at radius 2 is 1.87 bits per heavy atom. The monoisotopic (exact) mass is 438 g/mol. The molecule has 3 aromatic carbocycles. The number of ether oxygens (including phenoxy) is 1. The summed E-state index contributed by atoms with van der Waals surface area (Å²) in [6.07, 6.45) is 0.303. The zero-order chi connectivity index (χ0) is 21.6. The minimum absolute atomic E-state index is 0.243. The Morgan fingerprint density at radius 3 is 2.68 bits per heavy atom. The van der Waals surface area contributed by atoms with Gasteiger partial charge in [-0.05, 0) is 41.0 Å². The van der Waals surface area contributed by atoms with Gasteiger partial charge in [0.1, 0.15) is 24.2 Å². The molecule has 0 aliphatic carbocycles. The first-order chi connectivity index (χ1) is 15.1. The van der Waals surface area contributed by atoms with Crippen molar-refractivity contribution in [2.75, 3.05) is 18.9 Å². The summed E-state index contributed by atoms with van der Waals surface area (Å²) in [5, 5.41) is 7.38. The number of hydrogen-bond donors (Lipinski definition) is 2. The van der Waals surface area contributed by atoms with E-state index in [0.29, 0.717) is 30.9 Å². The van der Waals surface area contributed by atoms with Crippen molar-refractivity contribution in [3.63, 3.8) is 0 Å². The van der Waals surface area contributed by atoms with Crippen LogP contribution >= 0.6 is 11.8 Å². The molecule has 5 nitrogen and oxygen atoms in total. The van der Waals surface area contributed by atoms with Crippen molar-refractivity contribution in [2.24, 2.45) is 0 Å². The second-order valence-electron chi connectivity index (χ2n) is 7.33. The molecule has 1 saturated heterocycles. The van der Waals surface area contributed by atoms with Gasteiger partial charge in [0.15, 0.2) is 0 Å². The molecule has 2 atom stereocenters. The van der Waals surface area contributed by atoms with Crippen LogP contribution in [-0.2, 0) is 16.0 Å². The molecule has 31 heavy (non-hydrogen) atoms. The zero-order valence-corrected chi connectivity index (χ0v) is 17.7. The highest BCUT2D eigenvalue weighted by Gasteiger charge is 2.32. The van der Waals surface area contributed by atoms with Gasteiger partial charge in [-0.25, -0.2) is 4.39 Å². The Labute approximate surface area is 184 Å². The molecule has 1 fully saturated rings. The molecular formula is C24H23FN2O3S. The fourth-order valence-corrected chi connectivity index (χ4v) is 4.65. The number of rotatable bonds is 7. The van der Waals surface area contributed by atoms with Crippen molar-refractivity contribution in [1.29, 1.82) is 0 Å². The topological polar surface area (TPSA) is 67.4 Å². The number of benzene rings is 3. The lowest BCUT2D eigenvalue weighted by molar-refractivity contribution is -0.128. The lowest BCUT2D eigenvalue weighted by Gasteiger charge is -2.28. The number of thioether (sulfide) groups is 1. The fraction of sp³-hybridized carbons (Fsp3) is 0.250. The standard InChI is InChI=1S/C24H23FN2O3S/c25-20-8-4-3-7-18(20)14-22-24(29)27-21(15-31-22)23(28)26-11-12-30-19-10-9-16-5-1-2-6-17(16)13-19/h1-10,13,21-22H,11-12,14-15H2,(H,26,28)(H,27,29). The maximum Gasteiger partial charge on any atom is 0.243 e. The minimum atomic E-state index is -0.602. The number of hydrogen-bond acceptors (Lipinski definition) is 4. The van der Waals surface area contributed by atoms with E-state index in [-0.39, 0.29) is 17.6 Å². The first-order valence-electron chi connectivity index (χ1n) is 10.1. The number of carbonyl (C=O) groups excluding carboxylic acids is 2. The van der Waals surface area contributed by atoms with Crippen LogP contribution in [0.5, 0.6) is 5.75 Å². The summed E-state index contributed by atoms with van der Waals surface area (Å²) in [5.41, 5.74) is 0.504. The van der Waals surface area contributed by atoms with Gasteiger partial charge in [0.05, 0.1) is 11.8 Å². The van der Waals surface area contributed by atoms with Gasteiger partial charge < -0.3 is 15.4 Å². The smallest absolute Gasteiger partial charge is 0.243 e. The van der Waals surface area contributed by atoms with Gasteiger partial charge in [0.2, 0.25) is 11.8 Å². The zero-order valence-electron chi connectivity index (χ0n) is 16.8. The lowest BCUT2D eigenvalue weighted by Crippen LogP contribution is -2.54. The molecule has 0 saturated carbocycles. The summed E-state index contributed by atoms with van der Waals surface area (Å²) in [6.45, 7) is 0.662. The molecule has 0 aromatic heterocycles. The minimum Gasteiger partial charge on any atom is -0.492 e. The fourth-order valence-electron chi connectivity index (χ4n) is 3.47. The van der Waals surface area contributed by atoms with Gasteiger partial charge in [0, 0.05) is 5.75 Å². The van der Waals surface area contributed by atoms with E-state index in [9.17, 15) is 14.0 Å². The Balaban J connectivity index is 1.21. The summed E-state index contributed by atoms with van der Waals surface area (Å²) in [7, 11) is 0. The van der Waals surface area contributed by atoms with Crippen LogP contribution in [0.15, 0.2) is 66.7 Å². The summed E-state index contributed by atoms with van der Waals surface area (Å²) >= 11 is 1.38. The summed E-state index contributed by atoms with van der Waals surface area (Å²) in [4.78, 5) is 24.8. The van der Waals surface area contributed by atoms with Gasteiger partial charge >= 0.3 is 0 Å². The van der Waals surface area contributed by atoms with E-state index in [1.165, 1.54) is 17.8 Å². The van der Waals surface area contributed by atoms with E-state index in [1.54, 1.807) is 18.2 Å². The molecule has 2 N–H and O–H groups in total. The predicted molar refractivity (Wildman–Crippen MR) is 121 cm³/mol. The van der Waals surface area contributed by atoms with Gasteiger partial charge in [-0.15, -0.1) is 11.8 Å². The molecule has 1 heterocycles. The maximum atomic E-state index is 13.8. The van der Waals surface area contributed by atoms with Crippen LogP contribution < -0.4 is 15.4 Å². The van der Waals surface area contributed by atoms with Crippen LogP contribution in [0.3, 0.4) is 0 Å². The van der Waals surface area contributed by atoms with Crippen molar-refractivity contribution < 1.29 is 18.7 Å². The van der Waals surface area contributed by atoms with E-state index >= 15 is 0 Å². The highest BCUT2D eigenvalue weighted by atomic mass is 32.2. The molecule has 0 spiro atoms. The first-order valence-corrected chi connectivity index (χ1v) is 11.2. The van der Waals surface area contributed by atoms with Gasteiger partial charge in [-0.1, -0.05) is 48.5 Å². The highest BCUT2D eigenvalue weighted by molar-refractivity contribution is 8.00. The SMILES string of the molecule is O=C(NCCOc1ccc2ccccc2c1)C1CSC(Cc2ccccc2F)C(=O)N1. The molecule has 2 unspecified atom stereocenters. The third kappa shape index (κ3) is 5.35. The molecule has 4 rings (SSSR count). The van der Waals surface area contributed by atoms with Crippen molar-refractivity contribution in [2.45, 2.75) is 17.7 Å². The van der Waals surface area contributed by atoms with Crippen LogP contribution in [0.25, 0.3) is 10.8 Å². The molecule has 1 aliphatic rings. The lowest BCUT2D eigenvalue weighted by atomic mass is 10.1. The number of nitrogens with one attached hydrogen (secondary N) is 2. The summed E-state index contributed by atoms with van der Waals surface area (Å²) in [5.74, 6) is 0.384. The highest BCUT2D eigenvalue weighted by Crippen LogP contribution is 2.23. The Morgan fingerprint density at radius 1 is 1.10 bits per heavy atom. The molecule has 2 amide bonds. The van der Waals surface area contributed by atoms with Crippen LogP contribution in [0.4, 0.5) is 4.39 Å². The third-order valence-corrected chi connectivity index (χ3v) is 6.45. The Hall–Kier alpha value is -3.06. The third-order valence-electron chi connectivity index (χ3n) is 5.14. The van der Waals surface area contributed by atoms with Crippen LogP contribution in [-0.4, -0.2) is 42.0 Å². The van der Waals surface area contributed by atoms with E-state index in [0.717, 1.165) is 16.5 Å². The largest absolute Gasteiger partial charge is 0.492 e. The van der Waals surface area contributed by atoms with E-state index < -0.39 is 11.3 Å². The van der Waals surface area contributed by atoms with Crippen LogP contribution in [0.2, 0.25) is 0 Å². The van der Waals surface area contributed by atoms with Gasteiger partial charge in [0.25, 0.3) is 0 Å². The van der Waals surface area contributed by atoms with E-state index in [2.05, 4.69) is 10.6 Å². The Bertz CT molecular complexity index is 1090. The maximum absolute atomic E-state index is 13.8. The quantitative estimate of drug-likeness (QED) is 0.556. The van der Waals surface area contributed by atoms with E-state index in [1.807, 2.05) is 42.5 Å². The number of carbonyl (C=O) groups is 2. The van der Waals surface area contributed by atoms with Crippen molar-refractivity contribution in [3.05, 3.63) is 78.1 Å². The summed E-state index contributed by atoms with van der Waals surface area (Å²) < 4.78 is 19.6. The van der Waals surface area contributed by atoms with Gasteiger partial charge in [-0.3, -0.25) is 9.59 Å². The number of halogens is 1. The molecule has 160 valence electrons. The number of fused-ring (bicyclic) bond motifs is 1. The Kier molecular flexibility index (Phi) is 6.72. The van der Waals surface area contributed by atoms with Crippen molar-refractivity contribution in [3.8, 4) is 5.75 Å². The second kappa shape index (κ2) is 9.83. The molecule has 3 aromatic rings. The van der Waals surface area contributed by atoms with Crippen LogP contribution in [0.1, 0.15) is 5.56 Å². The predicted octanol–water partition coefficient (Wildman–Crippen LogP) is 3.32. The average molecular weight is 439 g/mol. The molecule has 1 aliphatic heterocycles. The average Bonchev–Trinajstić information content (AvgIpc) is 2.79. The molecule has 0 bridgehead atoms. The molecular weight excluding hydrogens is 415 g/mol. The molecule has 7 heteroatoms. The second-order valence-corrected chi connectivity index (χ2v) is 8.56. The van der Waals surface area contributed by atoms with Crippen molar-refractivity contribution in [1.82, 2.24) is 10.6 Å². The normalized spacial score (nSPS) is 18.4. The van der Waals surface area contributed by atoms with Crippen LogP contribution in [0, 0.1) is 5.82 Å². The van der Waals surface area contributed by atoms with Crippen molar-refractivity contribution >= 4 is 34.3 Å². The molecule has 0 radical (unpaired) electrons.